The van der Waals surface area contributed by atoms with Gasteiger partial charge in [0.15, 0.2) is 0 Å². The van der Waals surface area contributed by atoms with E-state index >= 15 is 0 Å². The number of aliphatic hydroxyl groups excluding tert-OH is 1. The van der Waals surface area contributed by atoms with Crippen molar-refractivity contribution in [2.24, 2.45) is 0 Å². The third-order valence-electron chi connectivity index (χ3n) is 2.64. The predicted molar refractivity (Wildman–Crippen MR) is 77.0 cm³/mol. The van der Waals surface area contributed by atoms with Crippen LogP contribution in [-0.2, 0) is 0 Å². The van der Waals surface area contributed by atoms with Crippen LogP contribution in [0.2, 0.25) is 5.02 Å². The number of aliphatic hydroxyl groups is 1. The summed E-state index contributed by atoms with van der Waals surface area (Å²) in [5.41, 5.74) is 3.01. The number of benzene rings is 1. The molecule has 0 saturated heterocycles. The van der Waals surface area contributed by atoms with Crippen molar-refractivity contribution < 1.29 is 5.11 Å². The lowest BCUT2D eigenvalue weighted by atomic mass is 10.1. The Morgan fingerprint density at radius 3 is 2.47 bits per heavy atom. The Balaban J connectivity index is 2.36. The third-order valence-corrected chi connectivity index (χ3v) is 5.26. The number of thiophene rings is 1. The minimum atomic E-state index is -0.582. The number of aryl methyl sites for hydroxylation is 2. The molecule has 0 bridgehead atoms. The predicted octanol–water partition coefficient (Wildman–Crippen LogP) is 4.86. The third kappa shape index (κ3) is 2.74. The van der Waals surface area contributed by atoms with E-state index in [2.05, 4.69) is 15.9 Å². The summed E-state index contributed by atoms with van der Waals surface area (Å²) in [6, 6.07) is 7.62. The van der Waals surface area contributed by atoms with Crippen LogP contribution in [0.3, 0.4) is 0 Å². The van der Waals surface area contributed by atoms with E-state index in [0.717, 1.165) is 30.4 Å². The monoisotopic (exact) mass is 330 g/mol. The summed E-state index contributed by atoms with van der Waals surface area (Å²) in [6.45, 7) is 3.96. The van der Waals surface area contributed by atoms with Crippen LogP contribution in [-0.4, -0.2) is 5.11 Å². The summed E-state index contributed by atoms with van der Waals surface area (Å²) in [5, 5.41) is 11.0. The molecule has 4 heteroatoms. The van der Waals surface area contributed by atoms with Crippen molar-refractivity contribution in [3.05, 3.63) is 54.6 Å². The van der Waals surface area contributed by atoms with Crippen LogP contribution < -0.4 is 0 Å². The van der Waals surface area contributed by atoms with E-state index in [-0.39, 0.29) is 0 Å². The molecule has 0 aliphatic heterocycles. The van der Waals surface area contributed by atoms with Gasteiger partial charge in [-0.1, -0.05) is 23.7 Å². The van der Waals surface area contributed by atoms with Gasteiger partial charge >= 0.3 is 0 Å². The number of hydrogen-bond donors (Lipinski definition) is 1. The summed E-state index contributed by atoms with van der Waals surface area (Å²) in [5.74, 6) is 0. The highest BCUT2D eigenvalue weighted by Crippen LogP contribution is 2.34. The van der Waals surface area contributed by atoms with Crippen LogP contribution >= 0.6 is 38.9 Å². The van der Waals surface area contributed by atoms with Crippen molar-refractivity contribution in [3.8, 4) is 0 Å². The van der Waals surface area contributed by atoms with Crippen LogP contribution in [0.5, 0.6) is 0 Å². The van der Waals surface area contributed by atoms with Crippen LogP contribution in [0.15, 0.2) is 28.1 Å². The molecule has 1 nitrogen and oxygen atoms in total. The average molecular weight is 332 g/mol. The van der Waals surface area contributed by atoms with Crippen molar-refractivity contribution in [2.75, 3.05) is 0 Å². The maximum atomic E-state index is 10.3. The molecule has 1 heterocycles. The van der Waals surface area contributed by atoms with E-state index in [1.807, 2.05) is 38.1 Å². The number of rotatable bonds is 2. The molecule has 1 aromatic heterocycles. The van der Waals surface area contributed by atoms with Gasteiger partial charge in [-0.2, -0.15) is 0 Å². The molecule has 1 aromatic carbocycles. The smallest absolute Gasteiger partial charge is 0.113 e. The van der Waals surface area contributed by atoms with Crippen LogP contribution in [0, 0.1) is 13.8 Å². The molecule has 0 saturated carbocycles. The van der Waals surface area contributed by atoms with Crippen molar-refractivity contribution >= 4 is 38.9 Å². The quantitative estimate of drug-likeness (QED) is 0.833. The average Bonchev–Trinajstić information content (AvgIpc) is 2.62. The first-order valence-electron chi connectivity index (χ1n) is 5.19. The summed E-state index contributed by atoms with van der Waals surface area (Å²) in [7, 11) is 0. The van der Waals surface area contributed by atoms with Gasteiger partial charge in [-0.3, -0.25) is 0 Å². The van der Waals surface area contributed by atoms with Gasteiger partial charge in [0.25, 0.3) is 0 Å². The standard InChI is InChI=1S/C13H12BrClOS/c1-7-5-9(3-4-10(7)15)12(16)11-6-8(2)13(14)17-11/h3-6,12,16H,1-2H3. The zero-order valence-corrected chi connectivity index (χ0v) is 12.7. The van der Waals surface area contributed by atoms with Gasteiger partial charge in [0, 0.05) is 9.90 Å². The Hall–Kier alpha value is -0.350. The maximum Gasteiger partial charge on any atom is 0.113 e. The largest absolute Gasteiger partial charge is 0.383 e. The first-order chi connectivity index (χ1) is 7.99. The van der Waals surface area contributed by atoms with Gasteiger partial charge in [-0.15, -0.1) is 11.3 Å². The molecule has 0 spiro atoms. The molecule has 0 radical (unpaired) electrons. The summed E-state index contributed by atoms with van der Waals surface area (Å²) in [6.07, 6.45) is -0.582. The molecule has 0 fully saturated rings. The molecule has 17 heavy (non-hydrogen) atoms. The van der Waals surface area contributed by atoms with E-state index in [1.165, 1.54) is 0 Å². The molecule has 0 aliphatic rings. The van der Waals surface area contributed by atoms with Gasteiger partial charge in [-0.05, 0) is 58.6 Å². The molecule has 1 atom stereocenters. The van der Waals surface area contributed by atoms with Gasteiger partial charge in [0.05, 0.1) is 3.79 Å². The Morgan fingerprint density at radius 1 is 1.24 bits per heavy atom. The fraction of sp³-hybridized carbons (Fsp3) is 0.231. The molecular formula is C13H12BrClOS. The second-order valence-electron chi connectivity index (χ2n) is 4.02. The fourth-order valence-corrected chi connectivity index (χ4v) is 3.32. The Kier molecular flexibility index (Phi) is 3.93. The first-order valence-corrected chi connectivity index (χ1v) is 7.17. The lowest BCUT2D eigenvalue weighted by Gasteiger charge is -2.10. The minimum Gasteiger partial charge on any atom is -0.383 e. The highest BCUT2D eigenvalue weighted by atomic mass is 79.9. The van der Waals surface area contributed by atoms with Gasteiger partial charge in [-0.25, -0.2) is 0 Å². The summed E-state index contributed by atoms with van der Waals surface area (Å²) in [4.78, 5) is 0.941. The minimum absolute atomic E-state index is 0.582. The zero-order chi connectivity index (χ0) is 12.6. The fourth-order valence-electron chi connectivity index (χ4n) is 1.62. The molecule has 2 aromatic rings. The normalized spacial score (nSPS) is 12.8. The van der Waals surface area contributed by atoms with E-state index in [9.17, 15) is 5.11 Å². The van der Waals surface area contributed by atoms with Gasteiger partial charge in [0.2, 0.25) is 0 Å². The number of hydrogen-bond acceptors (Lipinski definition) is 2. The zero-order valence-electron chi connectivity index (χ0n) is 9.50. The lowest BCUT2D eigenvalue weighted by Crippen LogP contribution is -1.97. The van der Waals surface area contributed by atoms with Crippen LogP contribution in [0.25, 0.3) is 0 Å². The van der Waals surface area contributed by atoms with E-state index in [1.54, 1.807) is 11.3 Å². The van der Waals surface area contributed by atoms with E-state index in [4.69, 9.17) is 11.6 Å². The van der Waals surface area contributed by atoms with Crippen LogP contribution in [0.1, 0.15) is 27.7 Å². The lowest BCUT2D eigenvalue weighted by molar-refractivity contribution is 0.224. The van der Waals surface area contributed by atoms with E-state index < -0.39 is 6.10 Å². The van der Waals surface area contributed by atoms with Gasteiger partial charge < -0.3 is 5.11 Å². The topological polar surface area (TPSA) is 20.2 Å². The number of halogens is 2. The Morgan fingerprint density at radius 2 is 1.94 bits per heavy atom. The second kappa shape index (κ2) is 5.11. The van der Waals surface area contributed by atoms with Crippen molar-refractivity contribution in [1.29, 1.82) is 0 Å². The van der Waals surface area contributed by atoms with Crippen LogP contribution in [0.4, 0.5) is 0 Å². The highest BCUT2D eigenvalue weighted by Gasteiger charge is 2.15. The molecule has 0 aliphatic carbocycles. The Labute approximate surface area is 118 Å². The first kappa shape index (κ1) is 13.1. The molecular weight excluding hydrogens is 320 g/mol. The highest BCUT2D eigenvalue weighted by molar-refractivity contribution is 9.11. The molecule has 0 amide bonds. The Bertz CT molecular complexity index is 531. The molecule has 1 unspecified atom stereocenters. The SMILES string of the molecule is Cc1cc(C(O)c2cc(C)c(Br)s2)ccc1Cl. The van der Waals surface area contributed by atoms with Gasteiger partial charge in [0.1, 0.15) is 6.10 Å². The molecule has 1 N–H and O–H groups in total. The summed E-state index contributed by atoms with van der Waals surface area (Å²) < 4.78 is 1.07. The molecule has 2 rings (SSSR count). The maximum absolute atomic E-state index is 10.3. The molecule has 90 valence electrons. The second-order valence-corrected chi connectivity index (χ2v) is 6.83. The van der Waals surface area contributed by atoms with Crippen molar-refractivity contribution in [2.45, 2.75) is 20.0 Å². The summed E-state index contributed by atoms with van der Waals surface area (Å²) >= 11 is 11.0. The van der Waals surface area contributed by atoms with Crippen molar-refractivity contribution in [3.63, 3.8) is 0 Å². The van der Waals surface area contributed by atoms with Crippen molar-refractivity contribution in [1.82, 2.24) is 0 Å². The van der Waals surface area contributed by atoms with E-state index in [0.29, 0.717) is 0 Å².